The van der Waals surface area contributed by atoms with Gasteiger partial charge in [0.1, 0.15) is 5.56 Å². The summed E-state index contributed by atoms with van der Waals surface area (Å²) in [6.07, 6.45) is 3.25. The third kappa shape index (κ3) is 2.79. The number of hydrogen-bond donors (Lipinski definition) is 1. The van der Waals surface area contributed by atoms with Gasteiger partial charge in [-0.1, -0.05) is 23.5 Å². The van der Waals surface area contributed by atoms with Crippen LogP contribution in [0.15, 0.2) is 54.2 Å². The number of nitrogens with one attached hydrogen (secondary N) is 1. The molecule has 0 fully saturated rings. The first-order valence-corrected chi connectivity index (χ1v) is 9.94. The first-order chi connectivity index (χ1) is 13.2. The van der Waals surface area contributed by atoms with Crippen LogP contribution in [0.4, 0.5) is 5.13 Å². The number of amides is 1. The molecule has 0 saturated carbocycles. The fourth-order valence-corrected chi connectivity index (χ4v) is 4.61. The van der Waals surface area contributed by atoms with Crippen LogP contribution in [0.5, 0.6) is 0 Å². The summed E-state index contributed by atoms with van der Waals surface area (Å²) in [5, 5.41) is 9.82. The van der Waals surface area contributed by atoms with Crippen LogP contribution in [-0.4, -0.2) is 25.5 Å². The van der Waals surface area contributed by atoms with Gasteiger partial charge in [-0.15, -0.1) is 11.3 Å². The van der Waals surface area contributed by atoms with Crippen molar-refractivity contribution in [1.82, 2.24) is 19.6 Å². The number of aryl methyl sites for hydroxylation is 1. The number of nitrogens with zero attached hydrogens (tertiary/aromatic N) is 4. The van der Waals surface area contributed by atoms with Crippen molar-refractivity contribution in [1.29, 1.82) is 0 Å². The van der Waals surface area contributed by atoms with Crippen LogP contribution in [0, 0.1) is 6.92 Å². The van der Waals surface area contributed by atoms with Gasteiger partial charge in [0.15, 0.2) is 10.8 Å². The molecule has 4 aromatic heterocycles. The minimum atomic E-state index is -0.267. The van der Waals surface area contributed by atoms with Crippen LogP contribution in [0.1, 0.15) is 15.9 Å². The van der Waals surface area contributed by atoms with E-state index in [2.05, 4.69) is 26.4 Å². The van der Waals surface area contributed by atoms with Crippen molar-refractivity contribution in [2.75, 3.05) is 5.32 Å². The van der Waals surface area contributed by atoms with Crippen LogP contribution in [0.3, 0.4) is 0 Å². The van der Waals surface area contributed by atoms with Crippen LogP contribution < -0.4 is 5.32 Å². The average Bonchev–Trinajstić information content (AvgIpc) is 3.39. The molecule has 0 spiro atoms. The standard InChI is InChI=1S/C19H13N5OS2/c1-11-4-5-13-16(9-11)27-19(22-13)23-18(25)12-10-21-24-14(6-7-20-17(12)24)15-3-2-8-26-15/h2-10H,1H3,(H,22,23,25). The summed E-state index contributed by atoms with van der Waals surface area (Å²) in [6.45, 7) is 2.03. The van der Waals surface area contributed by atoms with Gasteiger partial charge in [0.25, 0.3) is 5.91 Å². The molecule has 0 unspecified atom stereocenters. The third-order valence-electron chi connectivity index (χ3n) is 4.18. The monoisotopic (exact) mass is 391 g/mol. The molecule has 0 aliphatic carbocycles. The van der Waals surface area contributed by atoms with E-state index in [-0.39, 0.29) is 5.91 Å². The molecule has 6 nitrogen and oxygen atoms in total. The lowest BCUT2D eigenvalue weighted by Crippen LogP contribution is -2.11. The number of anilines is 1. The Labute approximate surface area is 162 Å². The number of fused-ring (bicyclic) bond motifs is 2. The SMILES string of the molecule is Cc1ccc2nc(NC(=O)c3cnn4c(-c5cccs5)ccnc34)sc2c1. The van der Waals surface area contributed by atoms with Crippen molar-refractivity contribution in [3.63, 3.8) is 0 Å². The molecule has 8 heteroatoms. The van der Waals surface area contributed by atoms with Crippen LogP contribution in [-0.2, 0) is 0 Å². The lowest BCUT2D eigenvalue weighted by Gasteiger charge is -2.02. The summed E-state index contributed by atoms with van der Waals surface area (Å²) in [5.41, 5.74) is 3.89. The van der Waals surface area contributed by atoms with E-state index in [0.29, 0.717) is 16.3 Å². The molecule has 0 aliphatic rings. The van der Waals surface area contributed by atoms with Crippen molar-refractivity contribution >= 4 is 49.6 Å². The van der Waals surface area contributed by atoms with E-state index in [0.717, 1.165) is 26.4 Å². The maximum absolute atomic E-state index is 12.8. The van der Waals surface area contributed by atoms with Crippen molar-refractivity contribution in [3.8, 4) is 10.6 Å². The number of carbonyl (C=O) groups excluding carboxylic acids is 1. The third-order valence-corrected chi connectivity index (χ3v) is 6.01. The second kappa shape index (κ2) is 6.26. The van der Waals surface area contributed by atoms with Gasteiger partial charge in [-0.25, -0.2) is 14.5 Å². The highest BCUT2D eigenvalue weighted by molar-refractivity contribution is 7.22. The molecule has 5 rings (SSSR count). The molecule has 1 aromatic carbocycles. The Morgan fingerprint density at radius 3 is 3.00 bits per heavy atom. The summed E-state index contributed by atoms with van der Waals surface area (Å²) in [4.78, 5) is 22.7. The van der Waals surface area contributed by atoms with Gasteiger partial charge in [-0.2, -0.15) is 5.10 Å². The largest absolute Gasteiger partial charge is 0.298 e. The minimum Gasteiger partial charge on any atom is -0.298 e. The molecule has 0 aliphatic heterocycles. The van der Waals surface area contributed by atoms with E-state index in [1.807, 2.05) is 42.6 Å². The Morgan fingerprint density at radius 2 is 2.15 bits per heavy atom. The smallest absolute Gasteiger partial charge is 0.262 e. The number of thiophene rings is 1. The lowest BCUT2D eigenvalue weighted by molar-refractivity contribution is 0.102. The maximum atomic E-state index is 12.8. The highest BCUT2D eigenvalue weighted by Gasteiger charge is 2.18. The fourth-order valence-electron chi connectivity index (χ4n) is 2.91. The average molecular weight is 391 g/mol. The highest BCUT2D eigenvalue weighted by Crippen LogP contribution is 2.28. The van der Waals surface area contributed by atoms with Crippen molar-refractivity contribution in [3.05, 3.63) is 65.3 Å². The zero-order valence-corrected chi connectivity index (χ0v) is 15.8. The van der Waals surface area contributed by atoms with E-state index in [9.17, 15) is 4.79 Å². The summed E-state index contributed by atoms with van der Waals surface area (Å²) in [7, 11) is 0. The van der Waals surface area contributed by atoms with Gasteiger partial charge >= 0.3 is 0 Å². The summed E-state index contributed by atoms with van der Waals surface area (Å²) >= 11 is 3.07. The fraction of sp³-hybridized carbons (Fsp3) is 0.0526. The summed E-state index contributed by atoms with van der Waals surface area (Å²) < 4.78 is 2.74. The van der Waals surface area contributed by atoms with E-state index in [4.69, 9.17) is 0 Å². The lowest BCUT2D eigenvalue weighted by atomic mass is 10.2. The van der Waals surface area contributed by atoms with Crippen molar-refractivity contribution in [2.24, 2.45) is 0 Å². The van der Waals surface area contributed by atoms with Crippen molar-refractivity contribution < 1.29 is 4.79 Å². The quantitative estimate of drug-likeness (QED) is 0.487. The second-order valence-electron chi connectivity index (χ2n) is 6.05. The molecule has 132 valence electrons. The predicted molar refractivity (Wildman–Crippen MR) is 109 cm³/mol. The maximum Gasteiger partial charge on any atom is 0.262 e. The number of aromatic nitrogens is 4. The molecular weight excluding hydrogens is 378 g/mol. The van der Waals surface area contributed by atoms with Gasteiger partial charge in [0.2, 0.25) is 0 Å². The molecule has 4 heterocycles. The number of thiazole rings is 1. The van der Waals surface area contributed by atoms with Crippen LogP contribution in [0.2, 0.25) is 0 Å². The van der Waals surface area contributed by atoms with Gasteiger partial charge in [-0.3, -0.25) is 10.1 Å². The normalized spacial score (nSPS) is 11.3. The summed E-state index contributed by atoms with van der Waals surface area (Å²) in [5.74, 6) is -0.267. The molecule has 1 amide bonds. The summed E-state index contributed by atoms with van der Waals surface area (Å²) in [6, 6.07) is 11.9. The Hall–Kier alpha value is -3.10. The van der Waals surface area contributed by atoms with Crippen molar-refractivity contribution in [2.45, 2.75) is 6.92 Å². The van der Waals surface area contributed by atoms with E-state index in [1.165, 1.54) is 11.3 Å². The Bertz CT molecular complexity index is 1290. The molecule has 0 saturated heterocycles. The number of hydrogen-bond acceptors (Lipinski definition) is 6. The second-order valence-corrected chi connectivity index (χ2v) is 8.02. The minimum absolute atomic E-state index is 0.267. The number of rotatable bonds is 3. The van der Waals surface area contributed by atoms with Gasteiger partial charge < -0.3 is 0 Å². The topological polar surface area (TPSA) is 72.2 Å². The molecular formula is C19H13N5OS2. The zero-order valence-electron chi connectivity index (χ0n) is 14.2. The molecule has 0 bridgehead atoms. The molecule has 0 atom stereocenters. The highest BCUT2D eigenvalue weighted by atomic mass is 32.1. The number of carbonyl (C=O) groups is 1. The zero-order chi connectivity index (χ0) is 18.4. The number of benzene rings is 1. The van der Waals surface area contributed by atoms with E-state index in [1.54, 1.807) is 28.2 Å². The molecule has 27 heavy (non-hydrogen) atoms. The first-order valence-electron chi connectivity index (χ1n) is 8.24. The van der Waals surface area contributed by atoms with Gasteiger partial charge in [0, 0.05) is 6.20 Å². The van der Waals surface area contributed by atoms with E-state index < -0.39 is 0 Å². The molecule has 1 N–H and O–H groups in total. The Morgan fingerprint density at radius 1 is 1.22 bits per heavy atom. The Balaban J connectivity index is 1.51. The molecule has 0 radical (unpaired) electrons. The Kier molecular flexibility index (Phi) is 3.73. The van der Waals surface area contributed by atoms with Crippen LogP contribution in [0.25, 0.3) is 26.4 Å². The van der Waals surface area contributed by atoms with Gasteiger partial charge in [-0.05, 0) is 42.1 Å². The molecule has 5 aromatic rings. The first kappa shape index (κ1) is 16.1. The van der Waals surface area contributed by atoms with Crippen LogP contribution >= 0.6 is 22.7 Å². The van der Waals surface area contributed by atoms with E-state index >= 15 is 0 Å². The predicted octanol–water partition coefficient (Wildman–Crippen LogP) is 4.63. The van der Waals surface area contributed by atoms with Gasteiger partial charge in [0.05, 0.1) is 27.0 Å².